The number of aromatic nitrogens is 1. The molecule has 2 aliphatic heterocycles. The minimum absolute atomic E-state index is 0.00505. The van der Waals surface area contributed by atoms with Crippen molar-refractivity contribution in [2.75, 3.05) is 4.90 Å². The van der Waals surface area contributed by atoms with Crippen LogP contribution in [0.4, 0.5) is 17.1 Å². The molecule has 0 atom stereocenters. The molecule has 2 aromatic heterocycles. The summed E-state index contributed by atoms with van der Waals surface area (Å²) in [4.78, 5) is 2.68. The lowest BCUT2D eigenvalue weighted by molar-refractivity contribution is 0.332. The van der Waals surface area contributed by atoms with E-state index in [1.54, 1.807) is 0 Å². The molecule has 4 aliphatic rings. The second-order valence-electron chi connectivity index (χ2n) is 24.5. The van der Waals surface area contributed by atoms with Gasteiger partial charge in [0.2, 0.25) is 0 Å². The number of hydrogen-bond acceptors (Lipinski definition) is 2. The third kappa shape index (κ3) is 5.06. The van der Waals surface area contributed by atoms with Crippen molar-refractivity contribution in [1.82, 2.24) is 4.48 Å². The van der Waals surface area contributed by atoms with E-state index in [-0.39, 0.29) is 33.9 Å². The van der Waals surface area contributed by atoms with E-state index in [2.05, 4.69) is 209 Å². The number of fused-ring (bicyclic) bond motifs is 16. The lowest BCUT2D eigenvalue weighted by atomic mass is 9.44. The van der Waals surface area contributed by atoms with Gasteiger partial charge in [0.15, 0.2) is 0 Å². The molecule has 0 fully saturated rings. The highest BCUT2D eigenvalue weighted by molar-refractivity contribution is 6.91. The first kappa shape index (κ1) is 40.3. The zero-order valence-corrected chi connectivity index (χ0v) is 41.2. The number of anilines is 3. The van der Waals surface area contributed by atoms with Gasteiger partial charge in [-0.2, -0.15) is 0 Å². The van der Waals surface area contributed by atoms with Crippen molar-refractivity contribution >= 4 is 78.6 Å². The summed E-state index contributed by atoms with van der Waals surface area (Å²) in [6.07, 6.45) is 2.35. The summed E-state index contributed by atoms with van der Waals surface area (Å²) in [5.41, 5.74) is 26.0. The molecule has 66 heavy (non-hydrogen) atoms. The Bertz CT molecular complexity index is 3670. The smallest absolute Gasteiger partial charge is 0.337 e. The van der Waals surface area contributed by atoms with Crippen LogP contribution in [0.3, 0.4) is 0 Å². The summed E-state index contributed by atoms with van der Waals surface area (Å²) in [6, 6.07) is 42.9. The normalized spacial score (nSPS) is 17.3. The van der Waals surface area contributed by atoms with Crippen LogP contribution >= 0.6 is 0 Å². The third-order valence-electron chi connectivity index (χ3n) is 17.0. The van der Waals surface area contributed by atoms with Gasteiger partial charge in [-0.25, -0.2) is 0 Å². The van der Waals surface area contributed by atoms with Crippen molar-refractivity contribution in [3.63, 3.8) is 0 Å². The molecule has 0 saturated carbocycles. The van der Waals surface area contributed by atoms with Crippen molar-refractivity contribution in [3.8, 4) is 22.3 Å². The molecule has 0 saturated heterocycles. The van der Waals surface area contributed by atoms with E-state index in [4.69, 9.17) is 4.42 Å². The Morgan fingerprint density at radius 1 is 0.545 bits per heavy atom. The summed E-state index contributed by atoms with van der Waals surface area (Å²) >= 11 is 0. The van der Waals surface area contributed by atoms with Gasteiger partial charge in [0.1, 0.15) is 11.2 Å². The number of benzene rings is 7. The zero-order chi connectivity index (χ0) is 45.9. The largest absolute Gasteiger partial charge is 0.456 e. The number of aryl methyl sites for hydroxylation is 1. The maximum absolute atomic E-state index is 7.27. The predicted octanol–water partition coefficient (Wildman–Crippen LogP) is 15.7. The minimum atomic E-state index is -0.244. The second kappa shape index (κ2) is 12.5. The van der Waals surface area contributed by atoms with Crippen LogP contribution in [0.2, 0.25) is 0 Å². The SMILES string of the molecule is Cc1cc2c(cc1N1c3cc4c(c5c3B(c3c1ccc1c3oc3ccccc31)n1c3ccc(C(C)(C)C)cc3c3cc(C(C)(C)C)cc-5c31)C(C)(C)c1ccccc1-4)C(C)(C)CCC2(C)C. The molecule has 7 aromatic carbocycles. The number of hydrogen-bond donors (Lipinski definition) is 0. The van der Waals surface area contributed by atoms with Gasteiger partial charge in [-0.1, -0.05) is 138 Å². The van der Waals surface area contributed by atoms with Gasteiger partial charge in [0, 0.05) is 66.1 Å². The Balaban J connectivity index is 1.27. The molecule has 328 valence electrons. The van der Waals surface area contributed by atoms with Gasteiger partial charge in [-0.05, 0) is 157 Å². The number of para-hydroxylation sites is 1. The first-order valence-electron chi connectivity index (χ1n) is 24.5. The molecular formula is C62H61BN2O. The molecule has 0 bridgehead atoms. The Kier molecular flexibility index (Phi) is 7.63. The summed E-state index contributed by atoms with van der Waals surface area (Å²) in [7, 11) is 0. The van der Waals surface area contributed by atoms with Crippen LogP contribution < -0.4 is 15.8 Å². The maximum atomic E-state index is 7.27. The van der Waals surface area contributed by atoms with E-state index in [1.807, 2.05) is 0 Å². The molecule has 0 radical (unpaired) electrons. The van der Waals surface area contributed by atoms with Crippen molar-refractivity contribution < 1.29 is 4.42 Å². The van der Waals surface area contributed by atoms with E-state index >= 15 is 0 Å². The van der Waals surface area contributed by atoms with Crippen molar-refractivity contribution in [1.29, 1.82) is 0 Å². The fraction of sp³-hybridized carbons (Fsp3) is 0.323. The minimum Gasteiger partial charge on any atom is -0.456 e. The monoisotopic (exact) mass is 860 g/mol. The molecule has 4 heteroatoms. The van der Waals surface area contributed by atoms with Gasteiger partial charge >= 0.3 is 6.85 Å². The molecule has 2 aliphatic carbocycles. The molecule has 9 aromatic rings. The fourth-order valence-corrected chi connectivity index (χ4v) is 13.2. The highest BCUT2D eigenvalue weighted by Gasteiger charge is 2.50. The zero-order valence-electron chi connectivity index (χ0n) is 41.2. The van der Waals surface area contributed by atoms with Crippen LogP contribution in [-0.4, -0.2) is 11.3 Å². The molecule has 0 unspecified atom stereocenters. The van der Waals surface area contributed by atoms with Gasteiger partial charge in [-0.15, -0.1) is 0 Å². The van der Waals surface area contributed by atoms with Gasteiger partial charge < -0.3 is 13.8 Å². The Morgan fingerprint density at radius 2 is 1.23 bits per heavy atom. The van der Waals surface area contributed by atoms with Crippen molar-refractivity contribution in [2.24, 2.45) is 0 Å². The summed E-state index contributed by atoms with van der Waals surface area (Å²) < 4.78 is 10.0. The quantitative estimate of drug-likeness (QED) is 0.153. The molecule has 0 spiro atoms. The number of nitrogens with zero attached hydrogens (tertiary/aromatic N) is 2. The fourth-order valence-electron chi connectivity index (χ4n) is 13.2. The molecular weight excluding hydrogens is 800 g/mol. The van der Waals surface area contributed by atoms with Gasteiger partial charge in [-0.3, -0.25) is 0 Å². The average molecular weight is 861 g/mol. The first-order valence-corrected chi connectivity index (χ1v) is 24.5. The number of rotatable bonds is 1. The predicted molar refractivity (Wildman–Crippen MR) is 282 cm³/mol. The van der Waals surface area contributed by atoms with Crippen molar-refractivity contribution in [3.05, 3.63) is 148 Å². The lowest BCUT2D eigenvalue weighted by Crippen LogP contribution is -2.57. The summed E-state index contributed by atoms with van der Waals surface area (Å²) in [5, 5.41) is 5.00. The highest BCUT2D eigenvalue weighted by atomic mass is 16.3. The molecule has 3 nitrogen and oxygen atoms in total. The van der Waals surface area contributed by atoms with E-state index in [0.717, 1.165) is 23.0 Å². The van der Waals surface area contributed by atoms with E-state index < -0.39 is 0 Å². The Hall–Kier alpha value is -6.00. The van der Waals surface area contributed by atoms with Crippen molar-refractivity contribution in [2.45, 2.75) is 130 Å². The average Bonchev–Trinajstić information content (AvgIpc) is 3.88. The molecule has 0 amide bonds. The Morgan fingerprint density at radius 3 is 1.97 bits per heavy atom. The van der Waals surface area contributed by atoms with E-state index in [9.17, 15) is 0 Å². The number of furan rings is 1. The van der Waals surface area contributed by atoms with Crippen LogP contribution in [-0.2, 0) is 27.1 Å². The van der Waals surface area contributed by atoms with Crippen LogP contribution in [0.1, 0.15) is 135 Å². The van der Waals surface area contributed by atoms with E-state index in [1.165, 1.54) is 123 Å². The van der Waals surface area contributed by atoms with Gasteiger partial charge in [0.05, 0.1) is 0 Å². The van der Waals surface area contributed by atoms with Crippen LogP contribution in [0.25, 0.3) is 66.0 Å². The molecule has 13 rings (SSSR count). The standard InChI is InChI=1S/C62H61BN2O/c1-34-28-45-46(61(10,11)27-26-60(45,8)9)33-49(34)64-48-25-23-39-38-19-15-17-21-51(38)66-57(39)55(48)63-54-50(64)32-41-37-18-14-16-20-44(37)62(12,13)53(41)52(54)43-31-36(59(5,6)7)30-42-40-29-35(58(2,3)4)22-24-47(40)65(63)56(42)43/h14-25,28-33H,26-27H2,1-13H3. The highest BCUT2D eigenvalue weighted by Crippen LogP contribution is 2.58. The van der Waals surface area contributed by atoms with E-state index in [0.29, 0.717) is 0 Å². The lowest BCUT2D eigenvalue weighted by Gasteiger charge is -2.45. The Labute approximate surface area is 390 Å². The van der Waals surface area contributed by atoms with Crippen LogP contribution in [0.5, 0.6) is 0 Å². The third-order valence-corrected chi connectivity index (χ3v) is 17.0. The first-order chi connectivity index (χ1) is 31.2. The van der Waals surface area contributed by atoms with Gasteiger partial charge in [0.25, 0.3) is 0 Å². The maximum Gasteiger partial charge on any atom is 0.337 e. The summed E-state index contributed by atoms with van der Waals surface area (Å²) in [5.74, 6) is 0. The topological polar surface area (TPSA) is 21.3 Å². The molecule has 0 N–H and O–H groups in total. The summed E-state index contributed by atoms with van der Waals surface area (Å²) in [6.45, 7) is 31.2. The van der Waals surface area contributed by atoms with Crippen LogP contribution in [0, 0.1) is 6.92 Å². The van der Waals surface area contributed by atoms with Crippen LogP contribution in [0.15, 0.2) is 114 Å². The second-order valence-corrected chi connectivity index (χ2v) is 24.5. The molecule has 4 heterocycles.